The highest BCUT2D eigenvalue weighted by Gasteiger charge is 2.56. The molecule has 10 heteroatoms. The third-order valence-corrected chi connectivity index (χ3v) is 7.58. The van der Waals surface area contributed by atoms with Gasteiger partial charge in [-0.1, -0.05) is 36.4 Å². The van der Waals surface area contributed by atoms with Crippen molar-refractivity contribution >= 4 is 39.0 Å². The van der Waals surface area contributed by atoms with Crippen molar-refractivity contribution in [3.05, 3.63) is 77.1 Å². The molecule has 1 aromatic rings. The van der Waals surface area contributed by atoms with Crippen LogP contribution in [0.15, 0.2) is 76.6 Å². The summed E-state index contributed by atoms with van der Waals surface area (Å²) in [5, 5.41) is 9.10. The Balaban J connectivity index is 1.65. The average molecular weight is 476 g/mol. The van der Waals surface area contributed by atoms with Crippen molar-refractivity contribution in [3.8, 4) is 0 Å². The third kappa shape index (κ3) is 5.41. The van der Waals surface area contributed by atoms with E-state index in [9.17, 15) is 13.2 Å². The number of amidine groups is 1. The molecule has 1 unspecified atom stereocenters. The minimum Gasteiger partial charge on any atom is -0.384 e. The second-order valence-electron chi connectivity index (χ2n) is 7.73. The molecule has 0 aromatic heterocycles. The Kier molecular flexibility index (Phi) is 6.80. The summed E-state index contributed by atoms with van der Waals surface area (Å²) in [4.78, 5) is 16.5. The van der Waals surface area contributed by atoms with Crippen LogP contribution in [0.2, 0.25) is 0 Å². The number of sulfone groups is 1. The Hall–Kier alpha value is -3.04. The van der Waals surface area contributed by atoms with Crippen molar-refractivity contribution in [2.75, 3.05) is 11.6 Å². The summed E-state index contributed by atoms with van der Waals surface area (Å²) < 4.78 is 23.6. The number of amides is 2. The van der Waals surface area contributed by atoms with Crippen molar-refractivity contribution in [1.29, 1.82) is 0 Å². The summed E-state index contributed by atoms with van der Waals surface area (Å²) in [7, 11) is -3.28. The second-order valence-corrected chi connectivity index (χ2v) is 10.5. The summed E-state index contributed by atoms with van der Waals surface area (Å²) in [6.45, 7) is 5.29. The van der Waals surface area contributed by atoms with E-state index in [0.717, 1.165) is 5.56 Å². The lowest BCUT2D eigenvalue weighted by Gasteiger charge is -2.27. The average Bonchev–Trinajstić information content (AvgIpc) is 3.54. The molecule has 0 radical (unpaired) electrons. The number of carbonyl (C=O) groups is 1. The zero-order chi connectivity index (χ0) is 23.5. The van der Waals surface area contributed by atoms with E-state index in [1.807, 2.05) is 0 Å². The fourth-order valence-electron chi connectivity index (χ4n) is 3.33. The van der Waals surface area contributed by atoms with Gasteiger partial charge in [-0.3, -0.25) is 0 Å². The van der Waals surface area contributed by atoms with Crippen LogP contribution in [0.4, 0.5) is 10.5 Å². The normalized spacial score (nSPS) is 20.4. The number of aliphatic imine (C=N–C) groups is 1. The molecule has 3 rings (SSSR count). The summed E-state index contributed by atoms with van der Waals surface area (Å²) in [5.41, 5.74) is 8.51. The fraction of sp³-hybridized carbons (Fsp3) is 0.273. The van der Waals surface area contributed by atoms with E-state index in [1.54, 1.807) is 49.4 Å². The van der Waals surface area contributed by atoms with Crippen LogP contribution < -0.4 is 21.7 Å². The van der Waals surface area contributed by atoms with Crippen LogP contribution in [0.25, 0.3) is 0 Å². The van der Waals surface area contributed by atoms with Crippen LogP contribution in [0.3, 0.4) is 0 Å². The second kappa shape index (κ2) is 9.22. The van der Waals surface area contributed by atoms with E-state index in [0.29, 0.717) is 35.0 Å². The van der Waals surface area contributed by atoms with E-state index < -0.39 is 26.8 Å². The molecule has 1 fully saturated rings. The summed E-state index contributed by atoms with van der Waals surface area (Å²) in [6, 6.07) is 6.65. The molecule has 1 saturated carbocycles. The highest BCUT2D eigenvalue weighted by atomic mass is 35.5. The number of urea groups is 1. The number of nitrogens with zero attached hydrogens (tertiary/aromatic N) is 1. The number of nitrogens with two attached hydrogens (primary N) is 1. The first-order valence-electron chi connectivity index (χ1n) is 9.90. The first-order chi connectivity index (χ1) is 15.0. The van der Waals surface area contributed by atoms with E-state index in [2.05, 4.69) is 27.5 Å². The van der Waals surface area contributed by atoms with Gasteiger partial charge in [0.1, 0.15) is 16.7 Å². The number of anilines is 1. The van der Waals surface area contributed by atoms with Crippen LogP contribution in [0.1, 0.15) is 31.5 Å². The molecule has 0 saturated heterocycles. The zero-order valence-electron chi connectivity index (χ0n) is 17.9. The number of hydrogen-bond donors (Lipinski definition) is 4. The van der Waals surface area contributed by atoms with Crippen molar-refractivity contribution in [2.24, 2.45) is 10.7 Å². The summed E-state index contributed by atoms with van der Waals surface area (Å²) >= 11 is 5.84. The smallest absolute Gasteiger partial charge is 0.323 e. The Morgan fingerprint density at radius 2 is 1.97 bits per heavy atom. The van der Waals surface area contributed by atoms with Crippen LogP contribution in [-0.2, 0) is 9.84 Å². The van der Waals surface area contributed by atoms with Gasteiger partial charge in [-0.2, -0.15) is 0 Å². The van der Waals surface area contributed by atoms with E-state index in [-0.39, 0.29) is 5.84 Å². The van der Waals surface area contributed by atoms with Crippen molar-refractivity contribution < 1.29 is 13.2 Å². The van der Waals surface area contributed by atoms with Gasteiger partial charge in [0.05, 0.1) is 0 Å². The van der Waals surface area contributed by atoms with Gasteiger partial charge in [-0.05, 0) is 49.6 Å². The number of rotatable bonds is 7. The predicted octanol–water partition coefficient (Wildman–Crippen LogP) is 3.44. The number of carbonyl (C=O) groups excluding carboxylic acids is 1. The Bertz CT molecular complexity index is 1150. The highest BCUT2D eigenvalue weighted by molar-refractivity contribution is 7.92. The molecule has 2 aliphatic rings. The SMILES string of the molecule is C=C/C(Cl)=C\C=C(/C)NC(=O)Nc1ccc(C2N=C(N)C=C(C3(S(C)(=O)=O)CC3)N2)cc1. The van der Waals surface area contributed by atoms with Crippen LogP contribution in [0, 0.1) is 0 Å². The number of benzene rings is 1. The van der Waals surface area contributed by atoms with Crippen LogP contribution in [0.5, 0.6) is 0 Å². The van der Waals surface area contributed by atoms with E-state index in [1.165, 1.54) is 12.3 Å². The standard InChI is InChI=1S/C22H26ClN5O3S/c1-4-16(23)8-5-14(2)25-21(29)26-17-9-6-15(7-10-17)20-27-18(13-19(24)28-20)22(11-12-22)32(3,30)31/h4-10,13,20,27H,1,11-12H2,2-3H3,(H2,24,28)(H2,25,26,29)/b14-5+,16-8+. The number of allylic oxidation sites excluding steroid dienone is 5. The molecule has 8 nitrogen and oxygen atoms in total. The lowest BCUT2D eigenvalue weighted by molar-refractivity contribution is 0.254. The molecule has 2 amide bonds. The maximum atomic E-state index is 12.3. The summed E-state index contributed by atoms with van der Waals surface area (Å²) in [5.74, 6) is 0.271. The molecule has 0 spiro atoms. The largest absolute Gasteiger partial charge is 0.384 e. The lowest BCUT2D eigenvalue weighted by atomic mass is 10.1. The molecule has 1 heterocycles. The molecule has 1 aliphatic heterocycles. The number of hydrogen-bond acceptors (Lipinski definition) is 6. The summed E-state index contributed by atoms with van der Waals surface area (Å²) in [6.07, 6.45) is 8.24. The van der Waals surface area contributed by atoms with Gasteiger partial charge in [-0.15, -0.1) is 0 Å². The van der Waals surface area contributed by atoms with Gasteiger partial charge in [0, 0.05) is 34.4 Å². The van der Waals surface area contributed by atoms with Gasteiger partial charge in [0.2, 0.25) is 0 Å². The predicted molar refractivity (Wildman–Crippen MR) is 129 cm³/mol. The minimum atomic E-state index is -3.28. The topological polar surface area (TPSA) is 126 Å². The van der Waals surface area contributed by atoms with Crippen LogP contribution >= 0.6 is 11.6 Å². The van der Waals surface area contributed by atoms with Gasteiger partial charge in [-0.25, -0.2) is 18.2 Å². The molecule has 1 aliphatic carbocycles. The van der Waals surface area contributed by atoms with Crippen molar-refractivity contribution in [3.63, 3.8) is 0 Å². The minimum absolute atomic E-state index is 0.271. The maximum absolute atomic E-state index is 12.3. The zero-order valence-corrected chi connectivity index (χ0v) is 19.4. The van der Waals surface area contributed by atoms with Gasteiger partial charge in [0.15, 0.2) is 9.84 Å². The van der Waals surface area contributed by atoms with Crippen molar-refractivity contribution in [2.45, 2.75) is 30.7 Å². The first-order valence-corrected chi connectivity index (χ1v) is 12.2. The lowest BCUT2D eigenvalue weighted by Crippen LogP contribution is -2.38. The molecular weight excluding hydrogens is 450 g/mol. The molecule has 0 bridgehead atoms. The third-order valence-electron chi connectivity index (χ3n) is 5.25. The Labute approximate surface area is 192 Å². The first kappa shape index (κ1) is 23.6. The molecular formula is C22H26ClN5O3S. The van der Waals surface area contributed by atoms with E-state index in [4.69, 9.17) is 17.3 Å². The van der Waals surface area contributed by atoms with Crippen molar-refractivity contribution in [1.82, 2.24) is 10.6 Å². The van der Waals surface area contributed by atoms with Crippen LogP contribution in [-0.4, -0.2) is 31.3 Å². The quantitative estimate of drug-likeness (QED) is 0.449. The molecule has 1 aromatic carbocycles. The Morgan fingerprint density at radius 3 is 2.53 bits per heavy atom. The number of nitrogens with one attached hydrogen (secondary N) is 3. The van der Waals surface area contributed by atoms with Gasteiger partial charge < -0.3 is 21.7 Å². The number of halogens is 1. The highest BCUT2D eigenvalue weighted by Crippen LogP contribution is 2.49. The van der Waals surface area contributed by atoms with Gasteiger partial charge >= 0.3 is 6.03 Å². The van der Waals surface area contributed by atoms with E-state index >= 15 is 0 Å². The molecule has 32 heavy (non-hydrogen) atoms. The molecule has 1 atom stereocenters. The monoisotopic (exact) mass is 475 g/mol. The fourth-order valence-corrected chi connectivity index (χ4v) is 4.76. The Morgan fingerprint density at radius 1 is 1.31 bits per heavy atom. The molecule has 170 valence electrons. The molecule has 5 N–H and O–H groups in total. The maximum Gasteiger partial charge on any atom is 0.323 e. The van der Waals surface area contributed by atoms with Gasteiger partial charge in [0.25, 0.3) is 0 Å².